The van der Waals surface area contributed by atoms with E-state index in [0.717, 1.165) is 51.4 Å². The largest absolute Gasteiger partial charge is 0.465 e. The summed E-state index contributed by atoms with van der Waals surface area (Å²) in [5.41, 5.74) is -0.786. The third-order valence-electron chi connectivity index (χ3n) is 6.10. The number of hydrogen-bond acceptors (Lipinski definition) is 4. The molecule has 4 nitrogen and oxygen atoms in total. The number of esters is 2. The van der Waals surface area contributed by atoms with Gasteiger partial charge in [0.2, 0.25) is 0 Å². The minimum Gasteiger partial charge on any atom is -0.465 e. The van der Waals surface area contributed by atoms with Crippen LogP contribution in [0.3, 0.4) is 0 Å². The third kappa shape index (κ3) is 9.93. The Morgan fingerprint density at radius 3 is 1.29 bits per heavy atom. The van der Waals surface area contributed by atoms with Gasteiger partial charge in [-0.3, -0.25) is 9.59 Å². The van der Waals surface area contributed by atoms with Crippen molar-refractivity contribution in [2.45, 2.75) is 107 Å². The van der Waals surface area contributed by atoms with Gasteiger partial charge < -0.3 is 9.47 Å². The Bertz CT molecular complexity index is 416. The van der Waals surface area contributed by atoms with E-state index >= 15 is 0 Å². The van der Waals surface area contributed by atoms with Gasteiger partial charge in [-0.2, -0.15) is 0 Å². The molecule has 0 saturated carbocycles. The summed E-state index contributed by atoms with van der Waals surface area (Å²) in [6.45, 7) is 17.6. The molecule has 0 aromatic rings. The second kappa shape index (κ2) is 13.2. The molecular formula is C24H46O4. The summed E-state index contributed by atoms with van der Waals surface area (Å²) in [5.74, 6) is 0.977. The van der Waals surface area contributed by atoms with E-state index in [2.05, 4.69) is 27.7 Å². The van der Waals surface area contributed by atoms with Gasteiger partial charge in [-0.15, -0.1) is 0 Å². The summed E-state index contributed by atoms with van der Waals surface area (Å²) < 4.78 is 11.0. The Balaban J connectivity index is 4.18. The zero-order valence-corrected chi connectivity index (χ0v) is 19.9. The molecule has 0 heterocycles. The number of carbonyl (C=O) groups excluding carboxylic acids is 2. The Morgan fingerprint density at radius 1 is 0.714 bits per heavy atom. The fraction of sp³-hybridized carbons (Fsp3) is 0.917. The van der Waals surface area contributed by atoms with Gasteiger partial charge in [0, 0.05) is 0 Å². The van der Waals surface area contributed by atoms with E-state index in [-0.39, 0.29) is 11.9 Å². The summed E-state index contributed by atoms with van der Waals surface area (Å²) in [4.78, 5) is 24.9. The van der Waals surface area contributed by atoms with Gasteiger partial charge in [0.1, 0.15) is 0 Å². The molecule has 2 unspecified atom stereocenters. The molecule has 0 N–H and O–H groups in total. The number of hydrogen-bond donors (Lipinski definition) is 0. The maximum absolute atomic E-state index is 12.4. The van der Waals surface area contributed by atoms with E-state index in [0.29, 0.717) is 25.0 Å². The van der Waals surface area contributed by atoms with Crippen LogP contribution in [-0.4, -0.2) is 25.2 Å². The summed E-state index contributed by atoms with van der Waals surface area (Å²) in [7, 11) is 0. The van der Waals surface area contributed by atoms with Gasteiger partial charge in [0.05, 0.1) is 24.0 Å². The second-order valence-electron chi connectivity index (χ2n) is 9.67. The summed E-state index contributed by atoms with van der Waals surface area (Å²) in [6.07, 6.45) is 6.82. The molecule has 0 aromatic heterocycles. The fourth-order valence-corrected chi connectivity index (χ4v) is 2.94. The molecule has 0 amide bonds. The van der Waals surface area contributed by atoms with Crippen LogP contribution in [0.25, 0.3) is 0 Å². The van der Waals surface area contributed by atoms with Crippen LogP contribution in [0.1, 0.15) is 107 Å². The molecule has 4 heteroatoms. The average Bonchev–Trinajstić information content (AvgIpc) is 2.66. The lowest BCUT2D eigenvalue weighted by Crippen LogP contribution is -2.30. The van der Waals surface area contributed by atoms with Crippen LogP contribution in [0, 0.1) is 22.7 Å². The first-order valence-corrected chi connectivity index (χ1v) is 11.3. The SMILES string of the molecule is CCC(C)(CCC(C)C)C(=O)OCCCCOC(=O)C(C)(CC)CCC(C)C. The number of rotatable bonds is 15. The molecule has 0 saturated heterocycles. The van der Waals surface area contributed by atoms with Gasteiger partial charge in [0.15, 0.2) is 0 Å². The number of carbonyl (C=O) groups is 2. The quantitative estimate of drug-likeness (QED) is 0.231. The maximum Gasteiger partial charge on any atom is 0.311 e. The van der Waals surface area contributed by atoms with E-state index in [1.807, 2.05) is 27.7 Å². The predicted molar refractivity (Wildman–Crippen MR) is 116 cm³/mol. The van der Waals surface area contributed by atoms with Crippen molar-refractivity contribution >= 4 is 11.9 Å². The van der Waals surface area contributed by atoms with Gasteiger partial charge >= 0.3 is 11.9 Å². The van der Waals surface area contributed by atoms with E-state index < -0.39 is 10.8 Å². The van der Waals surface area contributed by atoms with Crippen LogP contribution < -0.4 is 0 Å². The molecule has 0 rings (SSSR count). The van der Waals surface area contributed by atoms with Crippen molar-refractivity contribution in [3.8, 4) is 0 Å². The van der Waals surface area contributed by atoms with Crippen LogP contribution in [0.5, 0.6) is 0 Å². The zero-order chi connectivity index (χ0) is 21.8. The monoisotopic (exact) mass is 398 g/mol. The Kier molecular flexibility index (Phi) is 12.7. The van der Waals surface area contributed by atoms with Crippen molar-refractivity contribution in [1.29, 1.82) is 0 Å². The predicted octanol–water partition coefficient (Wildman–Crippen LogP) is 6.56. The average molecular weight is 399 g/mol. The molecule has 0 aliphatic rings. The first-order chi connectivity index (χ1) is 13.0. The summed E-state index contributed by atoms with van der Waals surface area (Å²) in [6, 6.07) is 0. The van der Waals surface area contributed by atoms with E-state index in [1.54, 1.807) is 0 Å². The summed E-state index contributed by atoms with van der Waals surface area (Å²) in [5, 5.41) is 0. The van der Waals surface area contributed by atoms with Gasteiger partial charge in [-0.1, -0.05) is 41.5 Å². The summed E-state index contributed by atoms with van der Waals surface area (Å²) >= 11 is 0. The molecule has 28 heavy (non-hydrogen) atoms. The van der Waals surface area contributed by atoms with Gasteiger partial charge in [-0.05, 0) is 77.0 Å². The molecule has 0 fully saturated rings. The number of unbranched alkanes of at least 4 members (excludes halogenated alkanes) is 1. The first kappa shape index (κ1) is 26.9. The topological polar surface area (TPSA) is 52.6 Å². The van der Waals surface area contributed by atoms with E-state index in [4.69, 9.17) is 9.47 Å². The molecule has 0 spiro atoms. The fourth-order valence-electron chi connectivity index (χ4n) is 2.94. The van der Waals surface area contributed by atoms with E-state index in [1.165, 1.54) is 0 Å². The Labute approximate surface area is 174 Å². The molecule has 0 aromatic carbocycles. The lowest BCUT2D eigenvalue weighted by atomic mass is 9.81. The smallest absolute Gasteiger partial charge is 0.311 e. The molecular weight excluding hydrogens is 352 g/mol. The van der Waals surface area contributed by atoms with Crippen molar-refractivity contribution in [3.05, 3.63) is 0 Å². The lowest BCUT2D eigenvalue weighted by molar-refractivity contribution is -0.158. The Hall–Kier alpha value is -1.06. The zero-order valence-electron chi connectivity index (χ0n) is 19.9. The first-order valence-electron chi connectivity index (χ1n) is 11.3. The van der Waals surface area contributed by atoms with Crippen molar-refractivity contribution in [2.75, 3.05) is 13.2 Å². The lowest BCUT2D eigenvalue weighted by Gasteiger charge is -2.27. The van der Waals surface area contributed by atoms with Crippen LogP contribution in [0.15, 0.2) is 0 Å². The third-order valence-corrected chi connectivity index (χ3v) is 6.10. The minimum absolute atomic E-state index is 0.0973. The second-order valence-corrected chi connectivity index (χ2v) is 9.67. The highest BCUT2D eigenvalue weighted by Gasteiger charge is 2.33. The van der Waals surface area contributed by atoms with Crippen LogP contribution >= 0.6 is 0 Å². The number of ether oxygens (including phenoxy) is 2. The van der Waals surface area contributed by atoms with Crippen molar-refractivity contribution < 1.29 is 19.1 Å². The Morgan fingerprint density at radius 2 is 1.04 bits per heavy atom. The van der Waals surface area contributed by atoms with Gasteiger partial charge in [0.25, 0.3) is 0 Å². The molecule has 166 valence electrons. The van der Waals surface area contributed by atoms with Crippen molar-refractivity contribution in [1.82, 2.24) is 0 Å². The standard InChI is InChI=1S/C24H46O4/c1-9-23(7,15-13-19(3)4)21(25)27-17-11-12-18-28-22(26)24(8,10-2)16-14-20(5)6/h19-20H,9-18H2,1-8H3. The maximum atomic E-state index is 12.4. The highest BCUT2D eigenvalue weighted by Crippen LogP contribution is 2.32. The normalized spacial score (nSPS) is 15.9. The molecule has 2 atom stereocenters. The van der Waals surface area contributed by atoms with Crippen molar-refractivity contribution in [3.63, 3.8) is 0 Å². The van der Waals surface area contributed by atoms with Crippen LogP contribution in [0.4, 0.5) is 0 Å². The van der Waals surface area contributed by atoms with Gasteiger partial charge in [-0.25, -0.2) is 0 Å². The van der Waals surface area contributed by atoms with Crippen molar-refractivity contribution in [2.24, 2.45) is 22.7 Å². The highest BCUT2D eigenvalue weighted by molar-refractivity contribution is 5.76. The molecule has 0 aliphatic carbocycles. The highest BCUT2D eigenvalue weighted by atomic mass is 16.5. The molecule has 0 bridgehead atoms. The van der Waals surface area contributed by atoms with E-state index in [9.17, 15) is 9.59 Å². The molecule has 0 aliphatic heterocycles. The van der Waals surface area contributed by atoms with Crippen LogP contribution in [0.2, 0.25) is 0 Å². The van der Waals surface area contributed by atoms with Crippen LogP contribution in [-0.2, 0) is 19.1 Å². The molecule has 0 radical (unpaired) electrons. The minimum atomic E-state index is -0.393.